The van der Waals surface area contributed by atoms with Gasteiger partial charge in [0.15, 0.2) is 0 Å². The highest BCUT2D eigenvalue weighted by atomic mass is 16.3. The fourth-order valence-corrected chi connectivity index (χ4v) is 3.05. The van der Waals surface area contributed by atoms with Gasteiger partial charge in [-0.15, -0.1) is 0 Å². The van der Waals surface area contributed by atoms with Crippen LogP contribution in [0.2, 0.25) is 0 Å². The molecule has 3 heteroatoms. The molecule has 21 heavy (non-hydrogen) atoms. The second kappa shape index (κ2) is 7.39. The number of nitrogens with two attached hydrogens (primary N) is 1. The first-order valence-corrected chi connectivity index (χ1v) is 8.22. The van der Waals surface area contributed by atoms with E-state index in [0.29, 0.717) is 12.0 Å². The van der Waals surface area contributed by atoms with Crippen molar-refractivity contribution < 1.29 is 5.11 Å². The first kappa shape index (κ1) is 16.5. The highest BCUT2D eigenvalue weighted by Crippen LogP contribution is 2.33. The SMILES string of the molecule is CCC1(C)CCN(CC(O)C(N)Cc2ccccc2)CC1. The van der Waals surface area contributed by atoms with Crippen molar-refractivity contribution in [3.8, 4) is 0 Å². The minimum Gasteiger partial charge on any atom is -0.390 e. The summed E-state index contributed by atoms with van der Waals surface area (Å²) in [6.45, 7) is 7.52. The predicted molar refractivity (Wildman–Crippen MR) is 88.2 cm³/mol. The van der Waals surface area contributed by atoms with Gasteiger partial charge in [-0.3, -0.25) is 0 Å². The molecule has 3 nitrogen and oxygen atoms in total. The van der Waals surface area contributed by atoms with Crippen LogP contribution in [0.5, 0.6) is 0 Å². The summed E-state index contributed by atoms with van der Waals surface area (Å²) in [5.41, 5.74) is 7.86. The van der Waals surface area contributed by atoms with Gasteiger partial charge in [0, 0.05) is 12.6 Å². The lowest BCUT2D eigenvalue weighted by Crippen LogP contribution is -2.48. The van der Waals surface area contributed by atoms with Gasteiger partial charge < -0.3 is 15.7 Å². The molecule has 0 amide bonds. The molecule has 1 fully saturated rings. The molecule has 0 spiro atoms. The van der Waals surface area contributed by atoms with Gasteiger partial charge in [-0.05, 0) is 43.3 Å². The van der Waals surface area contributed by atoms with Crippen molar-refractivity contribution in [2.75, 3.05) is 19.6 Å². The van der Waals surface area contributed by atoms with Gasteiger partial charge >= 0.3 is 0 Å². The molecule has 3 N–H and O–H groups in total. The average molecular weight is 290 g/mol. The average Bonchev–Trinajstić information content (AvgIpc) is 2.50. The van der Waals surface area contributed by atoms with Crippen LogP contribution in [-0.4, -0.2) is 41.8 Å². The third-order valence-corrected chi connectivity index (χ3v) is 5.17. The summed E-state index contributed by atoms with van der Waals surface area (Å²) in [6, 6.07) is 9.99. The molecule has 0 bridgehead atoms. The van der Waals surface area contributed by atoms with E-state index in [9.17, 15) is 5.11 Å². The zero-order valence-electron chi connectivity index (χ0n) is 13.5. The van der Waals surface area contributed by atoms with E-state index < -0.39 is 6.10 Å². The minimum absolute atomic E-state index is 0.188. The number of β-amino-alcohol motifs (C(OH)–C–C–N with tert-alkyl or cyclic N) is 1. The molecule has 2 rings (SSSR count). The maximum absolute atomic E-state index is 10.4. The van der Waals surface area contributed by atoms with E-state index in [-0.39, 0.29) is 6.04 Å². The number of hydrogen-bond donors (Lipinski definition) is 2. The van der Waals surface area contributed by atoms with Gasteiger partial charge in [-0.25, -0.2) is 0 Å². The summed E-state index contributed by atoms with van der Waals surface area (Å²) >= 11 is 0. The van der Waals surface area contributed by atoms with E-state index in [1.54, 1.807) is 0 Å². The Balaban J connectivity index is 1.78. The molecule has 2 atom stereocenters. The maximum atomic E-state index is 10.4. The van der Waals surface area contributed by atoms with Crippen molar-refractivity contribution in [3.63, 3.8) is 0 Å². The van der Waals surface area contributed by atoms with Crippen molar-refractivity contribution in [2.45, 2.75) is 51.7 Å². The van der Waals surface area contributed by atoms with E-state index in [0.717, 1.165) is 19.5 Å². The largest absolute Gasteiger partial charge is 0.390 e. The maximum Gasteiger partial charge on any atom is 0.0820 e. The quantitative estimate of drug-likeness (QED) is 0.846. The number of aliphatic hydroxyl groups excluding tert-OH is 1. The van der Waals surface area contributed by atoms with Crippen LogP contribution in [0.25, 0.3) is 0 Å². The third kappa shape index (κ3) is 4.80. The Morgan fingerprint density at radius 3 is 2.43 bits per heavy atom. The van der Waals surface area contributed by atoms with E-state index in [2.05, 4.69) is 30.9 Å². The summed E-state index contributed by atoms with van der Waals surface area (Å²) in [7, 11) is 0. The van der Waals surface area contributed by atoms with Crippen molar-refractivity contribution in [1.82, 2.24) is 4.90 Å². The summed E-state index contributed by atoms with van der Waals surface area (Å²) < 4.78 is 0. The smallest absolute Gasteiger partial charge is 0.0820 e. The van der Waals surface area contributed by atoms with E-state index in [4.69, 9.17) is 5.73 Å². The lowest BCUT2D eigenvalue weighted by Gasteiger charge is -2.40. The Hall–Kier alpha value is -0.900. The molecule has 1 aliphatic heterocycles. The highest BCUT2D eigenvalue weighted by Gasteiger charge is 2.29. The van der Waals surface area contributed by atoms with Gasteiger partial charge in [0.1, 0.15) is 0 Å². The van der Waals surface area contributed by atoms with Crippen molar-refractivity contribution in [1.29, 1.82) is 0 Å². The molecule has 118 valence electrons. The Kier molecular flexibility index (Phi) is 5.80. The van der Waals surface area contributed by atoms with Gasteiger partial charge in [0.25, 0.3) is 0 Å². The second-order valence-electron chi connectivity index (χ2n) is 6.89. The topological polar surface area (TPSA) is 49.5 Å². The van der Waals surface area contributed by atoms with Crippen LogP contribution >= 0.6 is 0 Å². The molecule has 1 aromatic rings. The standard InChI is InChI=1S/C18H30N2O/c1-3-18(2)9-11-20(12-10-18)14-17(21)16(19)13-15-7-5-4-6-8-15/h4-8,16-17,21H,3,9-14,19H2,1-2H3. The zero-order valence-corrected chi connectivity index (χ0v) is 13.5. The van der Waals surface area contributed by atoms with Gasteiger partial charge in [-0.1, -0.05) is 50.6 Å². The van der Waals surface area contributed by atoms with Crippen LogP contribution in [-0.2, 0) is 6.42 Å². The van der Waals surface area contributed by atoms with Gasteiger partial charge in [-0.2, -0.15) is 0 Å². The molecular weight excluding hydrogens is 260 g/mol. The molecule has 1 heterocycles. The summed E-state index contributed by atoms with van der Waals surface area (Å²) in [5, 5.41) is 10.4. The number of hydrogen-bond acceptors (Lipinski definition) is 3. The van der Waals surface area contributed by atoms with E-state index >= 15 is 0 Å². The first-order chi connectivity index (χ1) is 10.0. The van der Waals surface area contributed by atoms with Crippen LogP contribution in [0, 0.1) is 5.41 Å². The number of rotatable bonds is 6. The molecule has 1 aliphatic rings. The van der Waals surface area contributed by atoms with Crippen molar-refractivity contribution >= 4 is 0 Å². The number of aliphatic hydroxyl groups is 1. The lowest BCUT2D eigenvalue weighted by molar-refractivity contribution is 0.0516. The Morgan fingerprint density at radius 1 is 1.24 bits per heavy atom. The first-order valence-electron chi connectivity index (χ1n) is 8.22. The Morgan fingerprint density at radius 2 is 1.86 bits per heavy atom. The minimum atomic E-state index is -0.448. The third-order valence-electron chi connectivity index (χ3n) is 5.17. The monoisotopic (exact) mass is 290 g/mol. The van der Waals surface area contributed by atoms with Crippen molar-refractivity contribution in [2.24, 2.45) is 11.1 Å². The predicted octanol–water partition coefficient (Wildman–Crippen LogP) is 2.43. The molecule has 0 radical (unpaired) electrons. The van der Waals surface area contributed by atoms with Crippen LogP contribution in [0.15, 0.2) is 30.3 Å². The fraction of sp³-hybridized carbons (Fsp3) is 0.667. The molecule has 1 saturated heterocycles. The fourth-order valence-electron chi connectivity index (χ4n) is 3.05. The normalized spacial score (nSPS) is 21.9. The van der Waals surface area contributed by atoms with Crippen molar-refractivity contribution in [3.05, 3.63) is 35.9 Å². The number of nitrogens with zero attached hydrogens (tertiary/aromatic N) is 1. The lowest BCUT2D eigenvalue weighted by atomic mass is 9.78. The Bertz CT molecular complexity index is 412. The molecular formula is C18H30N2O. The molecule has 0 aromatic heterocycles. The number of benzene rings is 1. The summed E-state index contributed by atoms with van der Waals surface area (Å²) in [5.74, 6) is 0. The van der Waals surface area contributed by atoms with E-state index in [1.165, 1.54) is 24.8 Å². The second-order valence-corrected chi connectivity index (χ2v) is 6.89. The summed E-state index contributed by atoms with van der Waals surface area (Å²) in [4.78, 5) is 2.37. The Labute approximate surface area is 129 Å². The molecule has 1 aromatic carbocycles. The van der Waals surface area contributed by atoms with Crippen LogP contribution in [0.4, 0.5) is 0 Å². The highest BCUT2D eigenvalue weighted by molar-refractivity contribution is 5.16. The summed E-state index contributed by atoms with van der Waals surface area (Å²) in [6.07, 6.45) is 3.99. The number of piperidine rings is 1. The van der Waals surface area contributed by atoms with Gasteiger partial charge in [0.05, 0.1) is 6.10 Å². The molecule has 0 saturated carbocycles. The zero-order chi connectivity index (χ0) is 15.3. The van der Waals surface area contributed by atoms with Crippen LogP contribution in [0.1, 0.15) is 38.7 Å². The van der Waals surface area contributed by atoms with E-state index in [1.807, 2.05) is 18.2 Å². The van der Waals surface area contributed by atoms with Crippen LogP contribution in [0.3, 0.4) is 0 Å². The van der Waals surface area contributed by atoms with Gasteiger partial charge in [0.2, 0.25) is 0 Å². The molecule has 0 aliphatic carbocycles. The number of likely N-dealkylation sites (tertiary alicyclic amines) is 1. The van der Waals surface area contributed by atoms with Crippen LogP contribution < -0.4 is 5.73 Å². The molecule has 2 unspecified atom stereocenters.